The predicted molar refractivity (Wildman–Crippen MR) is 125 cm³/mol. The third-order valence-electron chi connectivity index (χ3n) is 5.30. The summed E-state index contributed by atoms with van der Waals surface area (Å²) in [6, 6.07) is 20.1. The number of ether oxygens (including phenoxy) is 2. The van der Waals surface area contributed by atoms with Gasteiger partial charge in [0.15, 0.2) is 11.5 Å². The summed E-state index contributed by atoms with van der Waals surface area (Å²) in [7, 11) is 3.04. The molecule has 1 heterocycles. The second-order valence-corrected chi connectivity index (χ2v) is 8.05. The molecule has 1 aliphatic heterocycles. The van der Waals surface area contributed by atoms with Crippen molar-refractivity contribution in [3.63, 3.8) is 0 Å². The zero-order chi connectivity index (χ0) is 22.8. The van der Waals surface area contributed by atoms with Crippen LogP contribution in [0.4, 0.5) is 5.69 Å². The Morgan fingerprint density at radius 2 is 1.62 bits per heavy atom. The molecule has 0 saturated carbocycles. The Kier molecular flexibility index (Phi) is 6.01. The van der Waals surface area contributed by atoms with Crippen LogP contribution in [-0.4, -0.2) is 31.0 Å². The van der Waals surface area contributed by atoms with Crippen molar-refractivity contribution in [3.8, 4) is 11.5 Å². The molecular formula is C25H20BrNO5. The smallest absolute Gasteiger partial charge is 0.300 e. The molecule has 6 nitrogen and oxygen atoms in total. The lowest BCUT2D eigenvalue weighted by Gasteiger charge is -2.26. The third-order valence-corrected chi connectivity index (χ3v) is 5.79. The van der Waals surface area contributed by atoms with Gasteiger partial charge in [-0.25, -0.2) is 0 Å². The maximum absolute atomic E-state index is 13.2. The third kappa shape index (κ3) is 3.76. The first-order valence-corrected chi connectivity index (χ1v) is 10.6. The fourth-order valence-electron chi connectivity index (χ4n) is 3.81. The highest BCUT2D eigenvalue weighted by Crippen LogP contribution is 2.44. The van der Waals surface area contributed by atoms with E-state index in [-0.39, 0.29) is 11.3 Å². The predicted octanol–water partition coefficient (Wildman–Crippen LogP) is 5.09. The molecule has 1 saturated heterocycles. The van der Waals surface area contributed by atoms with Gasteiger partial charge in [0.25, 0.3) is 11.7 Å². The minimum atomic E-state index is -0.857. The molecule has 4 rings (SSSR count). The molecule has 0 aromatic heterocycles. The summed E-state index contributed by atoms with van der Waals surface area (Å²) in [5.41, 5.74) is 1.58. The van der Waals surface area contributed by atoms with Crippen LogP contribution in [0.5, 0.6) is 11.5 Å². The molecule has 0 spiro atoms. The Labute approximate surface area is 193 Å². The van der Waals surface area contributed by atoms with Crippen LogP contribution in [0.25, 0.3) is 5.76 Å². The first-order chi connectivity index (χ1) is 15.5. The quantitative estimate of drug-likeness (QED) is 0.304. The van der Waals surface area contributed by atoms with E-state index >= 15 is 0 Å². The number of carbonyl (C=O) groups is 2. The van der Waals surface area contributed by atoms with E-state index in [2.05, 4.69) is 15.9 Å². The van der Waals surface area contributed by atoms with Crippen LogP contribution in [-0.2, 0) is 9.59 Å². The second-order valence-electron chi connectivity index (χ2n) is 7.13. The van der Waals surface area contributed by atoms with Gasteiger partial charge in [-0.3, -0.25) is 14.5 Å². The van der Waals surface area contributed by atoms with Crippen LogP contribution in [0.2, 0.25) is 0 Å². The number of ketones is 1. The van der Waals surface area contributed by atoms with E-state index in [1.807, 2.05) is 12.1 Å². The van der Waals surface area contributed by atoms with Crippen molar-refractivity contribution in [2.45, 2.75) is 6.04 Å². The molecule has 0 bridgehead atoms. The normalized spacial score (nSPS) is 17.5. The summed E-state index contributed by atoms with van der Waals surface area (Å²) in [5.74, 6) is -0.754. The lowest BCUT2D eigenvalue weighted by molar-refractivity contribution is -0.132. The van der Waals surface area contributed by atoms with Crippen LogP contribution in [0.1, 0.15) is 17.2 Å². The molecule has 162 valence electrons. The van der Waals surface area contributed by atoms with Crippen molar-refractivity contribution in [3.05, 3.63) is 94.0 Å². The van der Waals surface area contributed by atoms with Crippen LogP contribution >= 0.6 is 15.9 Å². The Morgan fingerprint density at radius 3 is 2.28 bits per heavy atom. The molecule has 3 aromatic carbocycles. The highest BCUT2D eigenvalue weighted by molar-refractivity contribution is 9.10. The first kappa shape index (κ1) is 21.6. The van der Waals surface area contributed by atoms with Crippen molar-refractivity contribution in [2.24, 2.45) is 0 Å². The molecule has 1 aliphatic rings. The van der Waals surface area contributed by atoms with Gasteiger partial charge in [0.1, 0.15) is 5.76 Å². The van der Waals surface area contributed by atoms with Gasteiger partial charge in [-0.2, -0.15) is 0 Å². The number of methoxy groups -OCH3 is 2. The van der Waals surface area contributed by atoms with Crippen molar-refractivity contribution in [1.82, 2.24) is 0 Å². The van der Waals surface area contributed by atoms with Crippen LogP contribution < -0.4 is 14.4 Å². The standard InChI is InChI=1S/C25H20BrNO5/c1-31-19-12-11-16(13-20(19)32-2)22-21(23(28)15-7-4-3-5-8-15)24(29)25(30)27(22)18-10-6-9-17(26)14-18/h3-14,22,28H,1-2H3/b23-21+/t22-/m0/s1. The maximum atomic E-state index is 13.2. The van der Waals surface area contributed by atoms with Gasteiger partial charge in [-0.1, -0.05) is 58.4 Å². The minimum Gasteiger partial charge on any atom is -0.507 e. The molecule has 0 aliphatic carbocycles. The minimum absolute atomic E-state index is 0.00777. The Balaban J connectivity index is 1.97. The Hall–Kier alpha value is -3.58. The fraction of sp³-hybridized carbons (Fsp3) is 0.120. The zero-order valence-electron chi connectivity index (χ0n) is 17.4. The summed E-state index contributed by atoms with van der Waals surface area (Å²) in [4.78, 5) is 27.7. The molecule has 1 amide bonds. The molecular weight excluding hydrogens is 474 g/mol. The molecule has 7 heteroatoms. The fourth-order valence-corrected chi connectivity index (χ4v) is 4.20. The van der Waals surface area contributed by atoms with Crippen LogP contribution in [0.3, 0.4) is 0 Å². The highest BCUT2D eigenvalue weighted by Gasteiger charge is 2.47. The molecule has 32 heavy (non-hydrogen) atoms. The summed E-state index contributed by atoms with van der Waals surface area (Å²) in [6.45, 7) is 0. The number of hydrogen-bond acceptors (Lipinski definition) is 5. The van der Waals surface area contributed by atoms with E-state index in [1.165, 1.54) is 19.1 Å². The molecule has 1 N–H and O–H groups in total. The van der Waals surface area contributed by atoms with E-state index in [4.69, 9.17) is 9.47 Å². The van der Waals surface area contributed by atoms with Crippen molar-refractivity contribution < 1.29 is 24.2 Å². The van der Waals surface area contributed by atoms with Gasteiger partial charge in [0, 0.05) is 15.7 Å². The van der Waals surface area contributed by atoms with E-state index in [1.54, 1.807) is 60.7 Å². The number of aliphatic hydroxyl groups excluding tert-OH is 1. The van der Waals surface area contributed by atoms with Gasteiger partial charge >= 0.3 is 0 Å². The number of aliphatic hydroxyl groups is 1. The number of rotatable bonds is 5. The summed E-state index contributed by atoms with van der Waals surface area (Å²) in [6.07, 6.45) is 0. The molecule has 1 fully saturated rings. The second kappa shape index (κ2) is 8.88. The van der Waals surface area contributed by atoms with Crippen LogP contribution in [0.15, 0.2) is 82.8 Å². The molecule has 3 aromatic rings. The van der Waals surface area contributed by atoms with Gasteiger partial charge < -0.3 is 14.6 Å². The number of Topliss-reactive ketones (excluding diaryl/α,β-unsaturated/α-hetero) is 1. The van der Waals surface area contributed by atoms with E-state index in [0.717, 1.165) is 4.47 Å². The van der Waals surface area contributed by atoms with E-state index in [0.29, 0.717) is 28.3 Å². The van der Waals surface area contributed by atoms with Gasteiger partial charge in [0.05, 0.1) is 25.8 Å². The number of amides is 1. The largest absolute Gasteiger partial charge is 0.507 e. The molecule has 1 atom stereocenters. The average Bonchev–Trinajstić information content (AvgIpc) is 3.09. The number of carbonyl (C=O) groups excluding carboxylic acids is 2. The first-order valence-electron chi connectivity index (χ1n) is 9.80. The van der Waals surface area contributed by atoms with Gasteiger partial charge in [0.2, 0.25) is 0 Å². The molecule has 0 unspecified atom stereocenters. The van der Waals surface area contributed by atoms with Crippen molar-refractivity contribution in [1.29, 1.82) is 0 Å². The molecule has 0 radical (unpaired) electrons. The number of benzene rings is 3. The lowest BCUT2D eigenvalue weighted by atomic mass is 9.94. The monoisotopic (exact) mass is 493 g/mol. The van der Waals surface area contributed by atoms with Gasteiger partial charge in [-0.05, 0) is 35.9 Å². The highest BCUT2D eigenvalue weighted by atomic mass is 79.9. The number of nitrogens with zero attached hydrogens (tertiary/aromatic N) is 1. The number of anilines is 1. The summed E-state index contributed by atoms with van der Waals surface area (Å²) in [5, 5.41) is 11.1. The summed E-state index contributed by atoms with van der Waals surface area (Å²) >= 11 is 3.42. The summed E-state index contributed by atoms with van der Waals surface area (Å²) < 4.78 is 11.5. The maximum Gasteiger partial charge on any atom is 0.300 e. The lowest BCUT2D eigenvalue weighted by Crippen LogP contribution is -2.29. The number of hydrogen-bond donors (Lipinski definition) is 1. The van der Waals surface area contributed by atoms with Crippen molar-refractivity contribution >= 4 is 39.1 Å². The Bertz CT molecular complexity index is 1220. The topological polar surface area (TPSA) is 76.1 Å². The number of halogens is 1. The Morgan fingerprint density at radius 1 is 0.906 bits per heavy atom. The SMILES string of the molecule is COc1ccc([C@H]2/C(=C(\O)c3ccccc3)C(=O)C(=O)N2c2cccc(Br)c2)cc1OC. The van der Waals surface area contributed by atoms with E-state index < -0.39 is 17.7 Å². The van der Waals surface area contributed by atoms with Gasteiger partial charge in [-0.15, -0.1) is 0 Å². The van der Waals surface area contributed by atoms with E-state index in [9.17, 15) is 14.7 Å². The van der Waals surface area contributed by atoms with Crippen LogP contribution in [0, 0.1) is 0 Å². The zero-order valence-corrected chi connectivity index (χ0v) is 19.0. The average molecular weight is 494 g/mol. The van der Waals surface area contributed by atoms with Crippen molar-refractivity contribution in [2.75, 3.05) is 19.1 Å².